The Kier molecular flexibility index (Phi) is 3.61. The molecule has 16 heavy (non-hydrogen) atoms. The lowest BCUT2D eigenvalue weighted by molar-refractivity contribution is -0.132. The van der Waals surface area contributed by atoms with Crippen LogP contribution in [0.2, 0.25) is 0 Å². The van der Waals surface area contributed by atoms with E-state index < -0.39 is 0 Å². The number of nitrogens with two attached hydrogens (primary N) is 1. The monoisotopic (exact) mass is 238 g/mol. The first-order valence-corrected chi connectivity index (χ1v) is 6.67. The zero-order valence-electron chi connectivity index (χ0n) is 9.56. The van der Waals surface area contributed by atoms with Gasteiger partial charge in [-0.3, -0.25) is 4.79 Å². The third kappa shape index (κ3) is 3.06. The van der Waals surface area contributed by atoms with Crippen LogP contribution in [0.5, 0.6) is 0 Å². The lowest BCUT2D eigenvalue weighted by Crippen LogP contribution is -2.35. The zero-order valence-corrected chi connectivity index (χ0v) is 10.4. The van der Waals surface area contributed by atoms with Gasteiger partial charge in [0.2, 0.25) is 5.91 Å². The molecule has 1 saturated carbocycles. The minimum atomic E-state index is -0.0452. The smallest absolute Gasteiger partial charge is 0.224 e. The van der Waals surface area contributed by atoms with E-state index in [4.69, 9.17) is 5.73 Å². The Morgan fingerprint density at radius 2 is 2.44 bits per heavy atom. The van der Waals surface area contributed by atoms with E-state index in [-0.39, 0.29) is 11.9 Å². The average Bonchev–Trinajstić information content (AvgIpc) is 2.91. The molecule has 1 unspecified atom stereocenters. The van der Waals surface area contributed by atoms with Crippen molar-refractivity contribution in [2.45, 2.75) is 44.8 Å². The lowest BCUT2D eigenvalue weighted by Gasteiger charge is -2.22. The van der Waals surface area contributed by atoms with E-state index >= 15 is 0 Å². The normalized spacial score (nSPS) is 17.1. The van der Waals surface area contributed by atoms with Crippen molar-refractivity contribution in [2.24, 2.45) is 5.73 Å². The minimum absolute atomic E-state index is 0.0452. The first-order valence-electron chi connectivity index (χ1n) is 5.73. The highest BCUT2D eigenvalue weighted by atomic mass is 32.1. The van der Waals surface area contributed by atoms with Gasteiger partial charge in [-0.2, -0.15) is 11.3 Å². The first kappa shape index (κ1) is 11.6. The SMILES string of the molecule is CC(N)CC(=O)N(Cc1ccsc1)C1CC1. The Balaban J connectivity index is 1.97. The molecule has 1 atom stereocenters. The molecule has 0 aliphatic heterocycles. The van der Waals surface area contributed by atoms with E-state index in [1.807, 2.05) is 11.8 Å². The average molecular weight is 238 g/mol. The van der Waals surface area contributed by atoms with Crippen molar-refractivity contribution >= 4 is 17.2 Å². The summed E-state index contributed by atoms with van der Waals surface area (Å²) < 4.78 is 0. The van der Waals surface area contributed by atoms with Gasteiger partial charge in [0.1, 0.15) is 0 Å². The molecule has 1 aromatic heterocycles. The molecule has 1 amide bonds. The Morgan fingerprint density at radius 3 is 2.94 bits per heavy atom. The maximum Gasteiger partial charge on any atom is 0.224 e. The number of hydrogen-bond donors (Lipinski definition) is 1. The molecule has 0 bridgehead atoms. The molecule has 0 spiro atoms. The molecule has 0 saturated heterocycles. The second kappa shape index (κ2) is 4.97. The van der Waals surface area contributed by atoms with Crippen LogP contribution in [0, 0.1) is 0 Å². The molecular weight excluding hydrogens is 220 g/mol. The van der Waals surface area contributed by atoms with Crippen molar-refractivity contribution in [1.29, 1.82) is 0 Å². The fourth-order valence-corrected chi connectivity index (χ4v) is 2.44. The number of carbonyl (C=O) groups is 1. The summed E-state index contributed by atoms with van der Waals surface area (Å²) in [6, 6.07) is 2.50. The van der Waals surface area contributed by atoms with Crippen LogP contribution in [-0.2, 0) is 11.3 Å². The Hall–Kier alpha value is -0.870. The molecule has 0 aromatic carbocycles. The molecule has 3 nitrogen and oxygen atoms in total. The van der Waals surface area contributed by atoms with E-state index in [9.17, 15) is 4.79 Å². The van der Waals surface area contributed by atoms with E-state index in [0.717, 1.165) is 19.4 Å². The van der Waals surface area contributed by atoms with Crippen LogP contribution in [-0.4, -0.2) is 22.9 Å². The maximum absolute atomic E-state index is 12.0. The molecule has 88 valence electrons. The van der Waals surface area contributed by atoms with E-state index in [1.54, 1.807) is 11.3 Å². The van der Waals surface area contributed by atoms with Crippen LogP contribution in [0.1, 0.15) is 31.7 Å². The summed E-state index contributed by atoms with van der Waals surface area (Å²) in [5.41, 5.74) is 6.91. The summed E-state index contributed by atoms with van der Waals surface area (Å²) in [6.45, 7) is 2.63. The van der Waals surface area contributed by atoms with Gasteiger partial charge in [-0.05, 0) is 42.2 Å². The van der Waals surface area contributed by atoms with Gasteiger partial charge in [0.05, 0.1) is 0 Å². The van der Waals surface area contributed by atoms with Gasteiger partial charge in [0.15, 0.2) is 0 Å². The highest BCUT2D eigenvalue weighted by Crippen LogP contribution is 2.29. The van der Waals surface area contributed by atoms with Crippen LogP contribution in [0.15, 0.2) is 16.8 Å². The van der Waals surface area contributed by atoms with Crippen LogP contribution < -0.4 is 5.73 Å². The summed E-state index contributed by atoms with van der Waals surface area (Å²) in [5, 5.41) is 4.16. The number of hydrogen-bond acceptors (Lipinski definition) is 3. The number of carbonyl (C=O) groups excluding carboxylic acids is 1. The Morgan fingerprint density at radius 1 is 1.69 bits per heavy atom. The van der Waals surface area contributed by atoms with Crippen LogP contribution >= 0.6 is 11.3 Å². The molecule has 0 radical (unpaired) electrons. The molecule has 1 aliphatic carbocycles. The topological polar surface area (TPSA) is 46.3 Å². The van der Waals surface area contributed by atoms with Crippen molar-refractivity contribution < 1.29 is 4.79 Å². The fraction of sp³-hybridized carbons (Fsp3) is 0.583. The molecule has 1 aliphatic rings. The van der Waals surface area contributed by atoms with E-state index in [2.05, 4.69) is 16.8 Å². The minimum Gasteiger partial charge on any atom is -0.335 e. The number of thiophene rings is 1. The lowest BCUT2D eigenvalue weighted by atomic mass is 10.2. The molecule has 2 rings (SSSR count). The fourth-order valence-electron chi connectivity index (χ4n) is 1.78. The maximum atomic E-state index is 12.0. The van der Waals surface area contributed by atoms with Crippen molar-refractivity contribution in [1.82, 2.24) is 4.90 Å². The van der Waals surface area contributed by atoms with Gasteiger partial charge in [-0.25, -0.2) is 0 Å². The predicted octanol–water partition coefficient (Wildman–Crippen LogP) is 1.98. The van der Waals surface area contributed by atoms with Crippen LogP contribution in [0.4, 0.5) is 0 Å². The zero-order chi connectivity index (χ0) is 11.5. The largest absolute Gasteiger partial charge is 0.335 e. The summed E-state index contributed by atoms with van der Waals surface area (Å²) in [5.74, 6) is 0.198. The first-order chi connectivity index (χ1) is 7.66. The van der Waals surface area contributed by atoms with Gasteiger partial charge in [0.25, 0.3) is 0 Å². The molecule has 4 heteroatoms. The molecule has 1 heterocycles. The summed E-state index contributed by atoms with van der Waals surface area (Å²) in [7, 11) is 0. The quantitative estimate of drug-likeness (QED) is 0.852. The van der Waals surface area contributed by atoms with Crippen molar-refractivity contribution in [3.63, 3.8) is 0 Å². The number of rotatable bonds is 5. The Labute approximate surface area is 100 Å². The highest BCUT2D eigenvalue weighted by molar-refractivity contribution is 7.07. The van der Waals surface area contributed by atoms with Gasteiger partial charge >= 0.3 is 0 Å². The van der Waals surface area contributed by atoms with Crippen LogP contribution in [0.3, 0.4) is 0 Å². The van der Waals surface area contributed by atoms with Crippen LogP contribution in [0.25, 0.3) is 0 Å². The van der Waals surface area contributed by atoms with Gasteiger partial charge < -0.3 is 10.6 Å². The Bertz CT molecular complexity index is 344. The summed E-state index contributed by atoms with van der Waals surface area (Å²) in [6.07, 6.45) is 2.75. The highest BCUT2D eigenvalue weighted by Gasteiger charge is 2.32. The van der Waals surface area contributed by atoms with E-state index in [1.165, 1.54) is 5.56 Å². The number of nitrogens with zero attached hydrogens (tertiary/aromatic N) is 1. The van der Waals surface area contributed by atoms with Gasteiger partial charge in [-0.15, -0.1) is 0 Å². The standard InChI is InChI=1S/C12H18N2OS/c1-9(13)6-12(15)14(11-2-3-11)7-10-4-5-16-8-10/h4-5,8-9,11H,2-3,6-7,13H2,1H3. The second-order valence-corrected chi connectivity index (χ2v) is 5.35. The molecule has 2 N–H and O–H groups in total. The second-order valence-electron chi connectivity index (χ2n) is 4.57. The predicted molar refractivity (Wildman–Crippen MR) is 66.2 cm³/mol. The summed E-state index contributed by atoms with van der Waals surface area (Å²) in [4.78, 5) is 14.0. The molecular formula is C12H18N2OS. The van der Waals surface area contributed by atoms with Gasteiger partial charge in [0, 0.05) is 25.0 Å². The van der Waals surface area contributed by atoms with Gasteiger partial charge in [-0.1, -0.05) is 0 Å². The summed E-state index contributed by atoms with van der Waals surface area (Å²) >= 11 is 1.68. The molecule has 1 fully saturated rings. The number of amides is 1. The van der Waals surface area contributed by atoms with Crippen molar-refractivity contribution in [3.8, 4) is 0 Å². The van der Waals surface area contributed by atoms with Crippen molar-refractivity contribution in [2.75, 3.05) is 0 Å². The van der Waals surface area contributed by atoms with Crippen molar-refractivity contribution in [3.05, 3.63) is 22.4 Å². The third-order valence-corrected chi connectivity index (χ3v) is 3.47. The third-order valence-electron chi connectivity index (χ3n) is 2.74. The van der Waals surface area contributed by atoms with E-state index in [0.29, 0.717) is 12.5 Å². The molecule has 1 aromatic rings.